The summed E-state index contributed by atoms with van der Waals surface area (Å²) in [5, 5.41) is 6.41. The molecule has 0 amide bonds. The molecule has 2 N–H and O–H groups in total. The number of aliphatic imine (C=N–C) groups is 1. The Morgan fingerprint density at radius 2 is 1.93 bits per heavy atom. The van der Waals surface area contributed by atoms with Crippen LogP contribution in [0.5, 0.6) is 11.5 Å². The molecule has 158 valence electrons. The van der Waals surface area contributed by atoms with Crippen LogP contribution < -0.4 is 20.1 Å². The molecule has 0 saturated carbocycles. The Morgan fingerprint density at radius 3 is 2.57 bits per heavy atom. The number of aryl methyl sites for hydroxylation is 1. The number of ether oxygens (including phenoxy) is 2. The Morgan fingerprint density at radius 1 is 1.13 bits per heavy atom. The monoisotopic (exact) mass is 411 g/mol. The zero-order chi connectivity index (χ0) is 21.5. The zero-order valence-corrected chi connectivity index (χ0v) is 17.6. The number of nitrogens with zero attached hydrogens (tertiary/aromatic N) is 3. The second-order valence-electron chi connectivity index (χ2n) is 6.52. The smallest absolute Gasteiger partial charge is 0.196 e. The number of benzene rings is 2. The minimum absolute atomic E-state index is 0.318. The third-order valence-corrected chi connectivity index (χ3v) is 4.51. The van der Waals surface area contributed by atoms with Gasteiger partial charge >= 0.3 is 0 Å². The molecule has 30 heavy (non-hydrogen) atoms. The summed E-state index contributed by atoms with van der Waals surface area (Å²) in [6, 6.07) is 10.6. The summed E-state index contributed by atoms with van der Waals surface area (Å²) < 4.78 is 26.9. The molecule has 0 atom stereocenters. The summed E-state index contributed by atoms with van der Waals surface area (Å²) >= 11 is 0. The van der Waals surface area contributed by atoms with Crippen LogP contribution in [0.4, 0.5) is 10.1 Å². The Bertz CT molecular complexity index is 1030. The number of imidazole rings is 1. The average molecular weight is 411 g/mol. The SMILES string of the molecule is CCNC(=NCc1ccc(-n2ccnc2C)c(F)c1)Nc1ccc(OC)c(OC)c1. The lowest BCUT2D eigenvalue weighted by Crippen LogP contribution is -2.30. The molecule has 0 fully saturated rings. The number of aromatic nitrogens is 2. The van der Waals surface area contributed by atoms with Gasteiger partial charge in [-0.25, -0.2) is 14.4 Å². The number of methoxy groups -OCH3 is 2. The largest absolute Gasteiger partial charge is 0.493 e. The summed E-state index contributed by atoms with van der Waals surface area (Å²) in [6.45, 7) is 4.82. The van der Waals surface area contributed by atoms with E-state index in [2.05, 4.69) is 20.6 Å². The van der Waals surface area contributed by atoms with Gasteiger partial charge in [-0.15, -0.1) is 0 Å². The van der Waals surface area contributed by atoms with Crippen LogP contribution >= 0.6 is 0 Å². The number of anilines is 1. The van der Waals surface area contributed by atoms with Gasteiger partial charge in [0, 0.05) is 30.7 Å². The van der Waals surface area contributed by atoms with E-state index in [9.17, 15) is 4.39 Å². The lowest BCUT2D eigenvalue weighted by molar-refractivity contribution is 0.355. The first kappa shape index (κ1) is 21.2. The third-order valence-electron chi connectivity index (χ3n) is 4.51. The van der Waals surface area contributed by atoms with E-state index in [0.29, 0.717) is 36.2 Å². The maximum atomic E-state index is 14.6. The molecule has 0 spiro atoms. The predicted molar refractivity (Wildman–Crippen MR) is 116 cm³/mol. The van der Waals surface area contributed by atoms with E-state index in [4.69, 9.17) is 9.47 Å². The van der Waals surface area contributed by atoms with Gasteiger partial charge in [0.1, 0.15) is 11.6 Å². The highest BCUT2D eigenvalue weighted by atomic mass is 19.1. The molecule has 0 saturated heterocycles. The lowest BCUT2D eigenvalue weighted by Gasteiger charge is -2.14. The number of halogens is 1. The summed E-state index contributed by atoms with van der Waals surface area (Å²) in [4.78, 5) is 8.71. The van der Waals surface area contributed by atoms with E-state index < -0.39 is 0 Å². The van der Waals surface area contributed by atoms with E-state index in [0.717, 1.165) is 17.1 Å². The van der Waals surface area contributed by atoms with E-state index >= 15 is 0 Å². The molecule has 3 aromatic rings. The van der Waals surface area contributed by atoms with Crippen molar-refractivity contribution in [3.63, 3.8) is 0 Å². The van der Waals surface area contributed by atoms with Crippen LogP contribution in [0.25, 0.3) is 5.69 Å². The Balaban J connectivity index is 1.76. The van der Waals surface area contributed by atoms with Gasteiger partial charge in [0.05, 0.1) is 26.5 Å². The van der Waals surface area contributed by atoms with Gasteiger partial charge < -0.3 is 24.7 Å². The first-order chi connectivity index (χ1) is 14.5. The molecule has 2 aromatic carbocycles. The van der Waals surface area contributed by atoms with Crippen LogP contribution in [0.3, 0.4) is 0 Å². The molecule has 0 bridgehead atoms. The second-order valence-corrected chi connectivity index (χ2v) is 6.52. The maximum Gasteiger partial charge on any atom is 0.196 e. The van der Waals surface area contributed by atoms with Gasteiger partial charge in [-0.3, -0.25) is 0 Å². The van der Waals surface area contributed by atoms with Crippen molar-refractivity contribution in [2.45, 2.75) is 20.4 Å². The number of rotatable bonds is 7. The Hall–Kier alpha value is -3.55. The van der Waals surface area contributed by atoms with Gasteiger partial charge in [0.15, 0.2) is 17.5 Å². The molecule has 1 heterocycles. The average Bonchev–Trinajstić information content (AvgIpc) is 3.17. The van der Waals surface area contributed by atoms with Crippen molar-refractivity contribution in [2.75, 3.05) is 26.1 Å². The highest BCUT2D eigenvalue weighted by Crippen LogP contribution is 2.29. The molecule has 0 unspecified atom stereocenters. The van der Waals surface area contributed by atoms with Crippen LogP contribution in [0.15, 0.2) is 53.8 Å². The van der Waals surface area contributed by atoms with Crippen molar-refractivity contribution in [2.24, 2.45) is 4.99 Å². The first-order valence-electron chi connectivity index (χ1n) is 9.61. The fourth-order valence-corrected chi connectivity index (χ4v) is 3.00. The number of hydrogen-bond donors (Lipinski definition) is 2. The van der Waals surface area contributed by atoms with E-state index in [1.54, 1.807) is 37.2 Å². The highest BCUT2D eigenvalue weighted by Gasteiger charge is 2.09. The van der Waals surface area contributed by atoms with Crippen molar-refractivity contribution >= 4 is 11.6 Å². The van der Waals surface area contributed by atoms with Crippen LogP contribution in [-0.2, 0) is 6.54 Å². The molecule has 8 heteroatoms. The van der Waals surface area contributed by atoms with Gasteiger partial charge in [-0.05, 0) is 43.7 Å². The highest BCUT2D eigenvalue weighted by molar-refractivity contribution is 5.93. The molecular formula is C22H26FN5O2. The van der Waals surface area contributed by atoms with Crippen molar-refractivity contribution in [3.8, 4) is 17.2 Å². The second kappa shape index (κ2) is 9.78. The third kappa shape index (κ3) is 4.89. The number of nitrogens with one attached hydrogen (secondary N) is 2. The van der Waals surface area contributed by atoms with Crippen molar-refractivity contribution in [3.05, 3.63) is 66.0 Å². The summed E-state index contributed by atoms with van der Waals surface area (Å²) in [7, 11) is 3.18. The normalized spacial score (nSPS) is 11.3. The molecule has 0 aliphatic rings. The molecule has 0 radical (unpaired) electrons. The Labute approximate surface area is 175 Å². The lowest BCUT2D eigenvalue weighted by atomic mass is 10.2. The number of guanidine groups is 1. The molecule has 1 aromatic heterocycles. The zero-order valence-electron chi connectivity index (χ0n) is 17.6. The van der Waals surface area contributed by atoms with Gasteiger partial charge in [-0.1, -0.05) is 6.07 Å². The minimum Gasteiger partial charge on any atom is -0.493 e. The fraction of sp³-hybridized carbons (Fsp3) is 0.273. The predicted octanol–water partition coefficient (Wildman–Crippen LogP) is 3.91. The van der Waals surface area contributed by atoms with Crippen molar-refractivity contribution in [1.29, 1.82) is 0 Å². The topological polar surface area (TPSA) is 72.7 Å². The van der Waals surface area contributed by atoms with E-state index in [-0.39, 0.29) is 5.82 Å². The maximum absolute atomic E-state index is 14.6. The minimum atomic E-state index is -0.318. The van der Waals surface area contributed by atoms with E-state index in [1.807, 2.05) is 38.1 Å². The standard InChI is InChI=1S/C22H26FN5O2/c1-5-24-22(27-17-7-9-20(29-3)21(13-17)30-4)26-14-16-6-8-19(18(23)12-16)28-11-10-25-15(28)2/h6-13H,5,14H2,1-4H3,(H2,24,26,27). The van der Waals surface area contributed by atoms with Crippen molar-refractivity contribution < 1.29 is 13.9 Å². The van der Waals surface area contributed by atoms with Gasteiger partial charge in [0.2, 0.25) is 0 Å². The summed E-state index contributed by atoms with van der Waals surface area (Å²) in [6.07, 6.45) is 3.39. The molecule has 0 aliphatic carbocycles. The van der Waals surface area contributed by atoms with Gasteiger partial charge in [0.25, 0.3) is 0 Å². The quantitative estimate of drug-likeness (QED) is 0.456. The van der Waals surface area contributed by atoms with Crippen molar-refractivity contribution in [1.82, 2.24) is 14.9 Å². The molecule has 0 aliphatic heterocycles. The molecular weight excluding hydrogens is 385 g/mol. The van der Waals surface area contributed by atoms with Crippen LogP contribution in [0, 0.1) is 12.7 Å². The Kier molecular flexibility index (Phi) is 6.90. The van der Waals surface area contributed by atoms with Crippen LogP contribution in [-0.4, -0.2) is 36.3 Å². The van der Waals surface area contributed by atoms with Crippen LogP contribution in [0.2, 0.25) is 0 Å². The summed E-state index contributed by atoms with van der Waals surface area (Å²) in [5.74, 6) is 2.26. The number of hydrogen-bond acceptors (Lipinski definition) is 4. The van der Waals surface area contributed by atoms with Gasteiger partial charge in [-0.2, -0.15) is 0 Å². The molecule has 7 nitrogen and oxygen atoms in total. The first-order valence-corrected chi connectivity index (χ1v) is 9.61. The van der Waals surface area contributed by atoms with E-state index in [1.165, 1.54) is 6.07 Å². The fourth-order valence-electron chi connectivity index (χ4n) is 3.00. The summed E-state index contributed by atoms with van der Waals surface area (Å²) in [5.41, 5.74) is 2.02. The van der Waals surface area contributed by atoms with Crippen LogP contribution in [0.1, 0.15) is 18.3 Å². The molecule has 3 rings (SSSR count).